The van der Waals surface area contributed by atoms with Crippen LogP contribution in [-0.2, 0) is 15.0 Å². The smallest absolute Gasteiger partial charge is 0.238 e. The van der Waals surface area contributed by atoms with Crippen LogP contribution in [0.5, 0.6) is 0 Å². The normalized spacial score (nSPS) is 17.0. The maximum absolute atomic E-state index is 13.0. The Kier molecular flexibility index (Phi) is 7.13. The zero-order chi connectivity index (χ0) is 24.3. The highest BCUT2D eigenvalue weighted by Gasteiger charge is 2.34. The Bertz CT molecular complexity index is 1150. The van der Waals surface area contributed by atoms with Crippen LogP contribution in [0, 0.1) is 0 Å². The molecule has 3 aromatic carbocycles. The summed E-state index contributed by atoms with van der Waals surface area (Å²) in [6.45, 7) is 8.57. The van der Waals surface area contributed by atoms with Crippen molar-refractivity contribution in [3.8, 4) is 0 Å². The van der Waals surface area contributed by atoms with E-state index in [9.17, 15) is 9.59 Å². The number of rotatable bonds is 6. The van der Waals surface area contributed by atoms with E-state index in [4.69, 9.17) is 0 Å². The molecule has 1 N–H and O–H groups in total. The van der Waals surface area contributed by atoms with Crippen molar-refractivity contribution in [3.05, 3.63) is 95.6 Å². The molecule has 34 heavy (non-hydrogen) atoms. The van der Waals surface area contributed by atoms with Gasteiger partial charge in [-0.1, -0.05) is 82.3 Å². The van der Waals surface area contributed by atoms with Gasteiger partial charge in [0.25, 0.3) is 0 Å². The van der Waals surface area contributed by atoms with E-state index in [-0.39, 0.29) is 28.5 Å². The van der Waals surface area contributed by atoms with Crippen LogP contribution in [0.4, 0.5) is 11.4 Å². The van der Waals surface area contributed by atoms with E-state index in [2.05, 4.69) is 38.2 Å². The number of anilines is 2. The van der Waals surface area contributed by atoms with Gasteiger partial charge < -0.3 is 5.32 Å². The summed E-state index contributed by atoms with van der Waals surface area (Å²) in [5, 5.41) is 2.97. The van der Waals surface area contributed by atoms with Crippen molar-refractivity contribution >= 4 is 35.0 Å². The van der Waals surface area contributed by atoms with Crippen LogP contribution >= 0.6 is 11.8 Å². The lowest BCUT2D eigenvalue weighted by molar-refractivity contribution is -0.118. The number of amides is 2. The van der Waals surface area contributed by atoms with Gasteiger partial charge >= 0.3 is 0 Å². The summed E-state index contributed by atoms with van der Waals surface area (Å²) in [6.07, 6.45) is 0.723. The van der Waals surface area contributed by atoms with Gasteiger partial charge in [-0.3, -0.25) is 14.5 Å². The van der Waals surface area contributed by atoms with Gasteiger partial charge in [-0.15, -0.1) is 11.8 Å². The molecule has 176 valence electrons. The standard InChI is InChI=1S/C29H32N2O2S/c1-5-25(20-10-7-6-8-11-20)27(33)30-23-13-9-12-21(18-23)28-31(26(32)19-34-28)24-16-14-22(15-17-24)29(2,3)4/h6-18,25,28H,5,19H2,1-4H3,(H,30,33)/t25-,28+/m1/s1. The van der Waals surface area contributed by atoms with Crippen LogP contribution in [0.1, 0.15) is 62.1 Å². The molecule has 4 nitrogen and oxygen atoms in total. The third-order valence-corrected chi connectivity index (χ3v) is 7.46. The molecule has 0 aliphatic carbocycles. The van der Waals surface area contributed by atoms with E-state index in [0.717, 1.165) is 28.9 Å². The van der Waals surface area contributed by atoms with Crippen LogP contribution in [-0.4, -0.2) is 17.6 Å². The predicted octanol–water partition coefficient (Wildman–Crippen LogP) is 6.90. The van der Waals surface area contributed by atoms with E-state index >= 15 is 0 Å². The average molecular weight is 473 g/mol. The van der Waals surface area contributed by atoms with E-state index in [1.807, 2.05) is 78.6 Å². The number of carbonyl (C=O) groups is 2. The molecule has 0 unspecified atom stereocenters. The first-order chi connectivity index (χ1) is 16.3. The molecular formula is C29H32N2O2S. The summed E-state index contributed by atoms with van der Waals surface area (Å²) >= 11 is 1.62. The van der Waals surface area contributed by atoms with Gasteiger partial charge in [-0.2, -0.15) is 0 Å². The first-order valence-corrected chi connectivity index (χ1v) is 12.8. The molecule has 0 radical (unpaired) electrons. The van der Waals surface area contributed by atoms with Gasteiger partial charge in [0.15, 0.2) is 0 Å². The summed E-state index contributed by atoms with van der Waals surface area (Å²) in [5.74, 6) is 0.317. The van der Waals surface area contributed by atoms with E-state index in [0.29, 0.717) is 5.75 Å². The highest BCUT2D eigenvalue weighted by Crippen LogP contribution is 2.42. The minimum atomic E-state index is -0.204. The second-order valence-electron chi connectivity index (χ2n) is 9.71. The summed E-state index contributed by atoms with van der Waals surface area (Å²) in [6, 6.07) is 26.0. The van der Waals surface area contributed by atoms with Crippen molar-refractivity contribution in [2.24, 2.45) is 0 Å². The first-order valence-electron chi connectivity index (χ1n) is 11.8. The summed E-state index contributed by atoms with van der Waals surface area (Å²) < 4.78 is 0. The van der Waals surface area contributed by atoms with Gasteiger partial charge in [0, 0.05) is 11.4 Å². The molecule has 1 aliphatic rings. The van der Waals surface area contributed by atoms with Gasteiger partial charge in [-0.05, 0) is 52.8 Å². The van der Waals surface area contributed by atoms with Crippen molar-refractivity contribution < 1.29 is 9.59 Å². The average Bonchev–Trinajstić information content (AvgIpc) is 3.21. The summed E-state index contributed by atoms with van der Waals surface area (Å²) in [5.41, 5.74) is 4.96. The molecular weight excluding hydrogens is 440 g/mol. The third kappa shape index (κ3) is 5.20. The molecule has 2 atom stereocenters. The van der Waals surface area contributed by atoms with Crippen molar-refractivity contribution in [2.45, 2.75) is 50.8 Å². The zero-order valence-electron chi connectivity index (χ0n) is 20.2. The lowest BCUT2D eigenvalue weighted by Gasteiger charge is -2.26. The van der Waals surface area contributed by atoms with Gasteiger partial charge in [0.05, 0.1) is 11.7 Å². The Morgan fingerprint density at radius 1 is 1.03 bits per heavy atom. The molecule has 5 heteroatoms. The Morgan fingerprint density at radius 2 is 1.74 bits per heavy atom. The fraction of sp³-hybridized carbons (Fsp3) is 0.310. The maximum Gasteiger partial charge on any atom is 0.238 e. The summed E-state index contributed by atoms with van der Waals surface area (Å²) in [4.78, 5) is 27.7. The lowest BCUT2D eigenvalue weighted by atomic mass is 9.87. The van der Waals surface area contributed by atoms with Crippen molar-refractivity contribution in [1.82, 2.24) is 0 Å². The van der Waals surface area contributed by atoms with E-state index in [1.165, 1.54) is 5.56 Å². The number of hydrogen-bond donors (Lipinski definition) is 1. The Morgan fingerprint density at radius 3 is 2.38 bits per heavy atom. The van der Waals surface area contributed by atoms with Crippen LogP contribution in [0.2, 0.25) is 0 Å². The molecule has 1 aliphatic heterocycles. The minimum Gasteiger partial charge on any atom is -0.326 e. The highest BCUT2D eigenvalue weighted by molar-refractivity contribution is 8.00. The molecule has 1 saturated heterocycles. The highest BCUT2D eigenvalue weighted by atomic mass is 32.2. The molecule has 2 amide bonds. The quantitative estimate of drug-likeness (QED) is 0.425. The molecule has 0 aromatic heterocycles. The van der Waals surface area contributed by atoms with E-state index in [1.54, 1.807) is 11.8 Å². The first kappa shape index (κ1) is 24.1. The van der Waals surface area contributed by atoms with Crippen LogP contribution in [0.25, 0.3) is 0 Å². The molecule has 3 aromatic rings. The Balaban J connectivity index is 1.55. The third-order valence-electron chi connectivity index (χ3n) is 6.25. The van der Waals surface area contributed by atoms with Gasteiger partial charge in [0.1, 0.15) is 5.37 Å². The molecule has 0 saturated carbocycles. The molecule has 0 spiro atoms. The second kappa shape index (κ2) is 10.1. The lowest BCUT2D eigenvalue weighted by Crippen LogP contribution is -2.28. The van der Waals surface area contributed by atoms with Gasteiger partial charge in [-0.25, -0.2) is 0 Å². The number of thioether (sulfide) groups is 1. The molecule has 1 heterocycles. The van der Waals surface area contributed by atoms with Crippen LogP contribution in [0.3, 0.4) is 0 Å². The zero-order valence-corrected chi connectivity index (χ0v) is 21.1. The fourth-order valence-electron chi connectivity index (χ4n) is 4.33. The predicted molar refractivity (Wildman–Crippen MR) is 142 cm³/mol. The topological polar surface area (TPSA) is 49.4 Å². The van der Waals surface area contributed by atoms with Crippen molar-refractivity contribution in [3.63, 3.8) is 0 Å². The summed E-state index contributed by atoms with van der Waals surface area (Å²) in [7, 11) is 0. The number of carbonyl (C=O) groups excluding carboxylic acids is 2. The Hall–Kier alpha value is -3.05. The molecule has 0 bridgehead atoms. The monoisotopic (exact) mass is 472 g/mol. The van der Waals surface area contributed by atoms with Crippen LogP contribution < -0.4 is 10.2 Å². The van der Waals surface area contributed by atoms with E-state index < -0.39 is 0 Å². The van der Waals surface area contributed by atoms with Crippen LogP contribution in [0.15, 0.2) is 78.9 Å². The Labute approximate surface area is 206 Å². The second-order valence-corrected chi connectivity index (χ2v) is 10.8. The fourth-order valence-corrected chi connectivity index (χ4v) is 5.50. The number of nitrogens with zero attached hydrogens (tertiary/aromatic N) is 1. The number of hydrogen-bond acceptors (Lipinski definition) is 3. The largest absolute Gasteiger partial charge is 0.326 e. The van der Waals surface area contributed by atoms with Crippen molar-refractivity contribution in [1.29, 1.82) is 0 Å². The number of nitrogens with one attached hydrogen (secondary N) is 1. The van der Waals surface area contributed by atoms with Gasteiger partial charge in [0.2, 0.25) is 11.8 Å². The molecule has 1 fully saturated rings. The molecule has 4 rings (SSSR count). The maximum atomic E-state index is 13.0. The minimum absolute atomic E-state index is 0.0179. The SMILES string of the molecule is CC[C@@H](C(=O)Nc1cccc([C@@H]2SCC(=O)N2c2ccc(C(C)(C)C)cc2)c1)c1ccccc1. The van der Waals surface area contributed by atoms with Crippen molar-refractivity contribution in [2.75, 3.05) is 16.0 Å². The number of benzene rings is 3.